The number of hydrogen-bond donors (Lipinski definition) is 1. The summed E-state index contributed by atoms with van der Waals surface area (Å²) in [6, 6.07) is 1.23. The number of aryl methyl sites for hydroxylation is 1. The van der Waals surface area contributed by atoms with E-state index in [1.54, 1.807) is 6.20 Å². The molecule has 5 nitrogen and oxygen atoms in total. The molecule has 17 heavy (non-hydrogen) atoms. The fourth-order valence-electron chi connectivity index (χ4n) is 1.45. The van der Waals surface area contributed by atoms with Gasteiger partial charge in [0.15, 0.2) is 0 Å². The molecule has 1 aromatic rings. The van der Waals surface area contributed by atoms with Crippen LogP contribution in [0.3, 0.4) is 0 Å². The molecule has 1 aromatic heterocycles. The maximum absolute atomic E-state index is 11.7. The molecule has 0 aliphatic heterocycles. The fourth-order valence-corrected chi connectivity index (χ4v) is 2.14. The third-order valence-corrected chi connectivity index (χ3v) is 3.04. The van der Waals surface area contributed by atoms with E-state index in [9.17, 15) is 14.9 Å². The zero-order chi connectivity index (χ0) is 12.8. The van der Waals surface area contributed by atoms with Gasteiger partial charge in [-0.3, -0.25) is 14.9 Å². The Morgan fingerprint density at radius 1 is 1.41 bits per heavy atom. The second-order valence-electron chi connectivity index (χ2n) is 3.58. The van der Waals surface area contributed by atoms with Crippen LogP contribution in [0.4, 0.5) is 5.69 Å². The predicted octanol–water partition coefficient (Wildman–Crippen LogP) is 2.62. The Kier molecular flexibility index (Phi) is 5.70. The van der Waals surface area contributed by atoms with Crippen molar-refractivity contribution in [2.24, 2.45) is 0 Å². The minimum Gasteiger partial charge on any atom is -0.309 e. The lowest BCUT2D eigenvalue weighted by atomic mass is 10.2. The first-order valence-electron chi connectivity index (χ1n) is 5.21. The SMILES string of the molecule is O=c1c([N+](=O)[O-])cc(Br)cn1CCCCCS. The van der Waals surface area contributed by atoms with Crippen LogP contribution in [0.25, 0.3) is 0 Å². The molecule has 0 atom stereocenters. The molecule has 0 aromatic carbocycles. The van der Waals surface area contributed by atoms with E-state index in [0.29, 0.717) is 11.0 Å². The van der Waals surface area contributed by atoms with Gasteiger partial charge in [0.1, 0.15) is 0 Å². The Bertz CT molecular complexity index is 461. The Hall–Kier alpha value is -0.820. The Morgan fingerprint density at radius 3 is 2.71 bits per heavy atom. The first-order chi connectivity index (χ1) is 8.06. The number of nitro groups is 1. The molecule has 0 aliphatic rings. The van der Waals surface area contributed by atoms with Crippen LogP contribution < -0.4 is 5.56 Å². The van der Waals surface area contributed by atoms with Crippen molar-refractivity contribution in [1.29, 1.82) is 0 Å². The Morgan fingerprint density at radius 2 is 2.12 bits per heavy atom. The summed E-state index contributed by atoms with van der Waals surface area (Å²) in [5.41, 5.74) is -0.947. The van der Waals surface area contributed by atoms with E-state index < -0.39 is 16.2 Å². The highest BCUT2D eigenvalue weighted by molar-refractivity contribution is 9.10. The summed E-state index contributed by atoms with van der Waals surface area (Å²) in [5, 5.41) is 10.7. The van der Waals surface area contributed by atoms with Gasteiger partial charge >= 0.3 is 11.2 Å². The van der Waals surface area contributed by atoms with Gasteiger partial charge in [0.2, 0.25) is 0 Å². The Labute approximate surface area is 113 Å². The fraction of sp³-hybridized carbons (Fsp3) is 0.500. The largest absolute Gasteiger partial charge is 0.335 e. The van der Waals surface area contributed by atoms with Crippen molar-refractivity contribution in [2.75, 3.05) is 5.75 Å². The van der Waals surface area contributed by atoms with E-state index in [1.807, 2.05) is 0 Å². The highest BCUT2D eigenvalue weighted by Gasteiger charge is 2.15. The van der Waals surface area contributed by atoms with Gasteiger partial charge in [-0.2, -0.15) is 12.6 Å². The molecule has 1 heterocycles. The number of halogens is 1. The number of rotatable bonds is 6. The summed E-state index contributed by atoms with van der Waals surface area (Å²) in [6.07, 6.45) is 4.33. The van der Waals surface area contributed by atoms with E-state index in [2.05, 4.69) is 28.6 Å². The lowest BCUT2D eigenvalue weighted by Crippen LogP contribution is -2.22. The minimum absolute atomic E-state index is 0.395. The van der Waals surface area contributed by atoms with Gasteiger partial charge in [-0.1, -0.05) is 6.42 Å². The van der Waals surface area contributed by atoms with Gasteiger partial charge in [-0.15, -0.1) is 0 Å². The molecule has 0 N–H and O–H groups in total. The molecule has 0 saturated heterocycles. The summed E-state index contributed by atoms with van der Waals surface area (Å²) >= 11 is 7.26. The molecule has 1 rings (SSSR count). The summed E-state index contributed by atoms with van der Waals surface area (Å²) in [5.74, 6) is 0.813. The summed E-state index contributed by atoms with van der Waals surface area (Å²) < 4.78 is 1.92. The maximum atomic E-state index is 11.7. The van der Waals surface area contributed by atoms with Crippen molar-refractivity contribution < 1.29 is 4.92 Å². The topological polar surface area (TPSA) is 65.1 Å². The molecule has 0 spiro atoms. The van der Waals surface area contributed by atoms with Crippen LogP contribution in [0.2, 0.25) is 0 Å². The highest BCUT2D eigenvalue weighted by atomic mass is 79.9. The van der Waals surface area contributed by atoms with Crippen LogP contribution in [-0.4, -0.2) is 15.2 Å². The number of thiol groups is 1. The zero-order valence-electron chi connectivity index (χ0n) is 9.13. The molecule has 0 bridgehead atoms. The van der Waals surface area contributed by atoms with E-state index in [1.165, 1.54) is 10.6 Å². The molecular formula is C10H13BrN2O3S. The van der Waals surface area contributed by atoms with Gasteiger partial charge < -0.3 is 4.57 Å². The van der Waals surface area contributed by atoms with Crippen LogP contribution in [-0.2, 0) is 6.54 Å². The van der Waals surface area contributed by atoms with Crippen LogP contribution in [0.15, 0.2) is 21.5 Å². The minimum atomic E-state index is -0.655. The lowest BCUT2D eigenvalue weighted by molar-refractivity contribution is -0.386. The van der Waals surface area contributed by atoms with Crippen molar-refractivity contribution in [2.45, 2.75) is 25.8 Å². The summed E-state index contributed by atoms with van der Waals surface area (Å²) in [7, 11) is 0. The van der Waals surface area contributed by atoms with Gasteiger partial charge in [0, 0.05) is 23.3 Å². The van der Waals surface area contributed by atoms with E-state index in [4.69, 9.17) is 0 Å². The number of aromatic nitrogens is 1. The first kappa shape index (κ1) is 14.2. The second kappa shape index (κ2) is 6.80. The molecule has 0 amide bonds. The quantitative estimate of drug-likeness (QED) is 0.379. The average molecular weight is 321 g/mol. The van der Waals surface area contributed by atoms with Crippen molar-refractivity contribution in [3.8, 4) is 0 Å². The molecule has 7 heteroatoms. The number of pyridine rings is 1. The van der Waals surface area contributed by atoms with Crippen molar-refractivity contribution in [3.63, 3.8) is 0 Å². The van der Waals surface area contributed by atoms with Crippen LogP contribution >= 0.6 is 28.6 Å². The third kappa shape index (κ3) is 4.16. The molecule has 0 fully saturated rings. The van der Waals surface area contributed by atoms with Gasteiger partial charge in [-0.25, -0.2) is 0 Å². The molecule has 0 saturated carbocycles. The third-order valence-electron chi connectivity index (χ3n) is 2.29. The molecule has 0 aliphatic carbocycles. The van der Waals surface area contributed by atoms with Gasteiger partial charge in [0.25, 0.3) is 0 Å². The number of unbranched alkanes of at least 4 members (excludes halogenated alkanes) is 2. The van der Waals surface area contributed by atoms with Crippen LogP contribution in [0.1, 0.15) is 19.3 Å². The summed E-state index contributed by atoms with van der Waals surface area (Å²) in [4.78, 5) is 21.7. The number of hydrogen-bond acceptors (Lipinski definition) is 4. The van der Waals surface area contributed by atoms with Crippen molar-refractivity contribution in [1.82, 2.24) is 4.57 Å². The average Bonchev–Trinajstić information content (AvgIpc) is 2.28. The lowest BCUT2D eigenvalue weighted by Gasteiger charge is -2.05. The van der Waals surface area contributed by atoms with Crippen molar-refractivity contribution in [3.05, 3.63) is 37.2 Å². The molecule has 0 unspecified atom stereocenters. The van der Waals surface area contributed by atoms with E-state index >= 15 is 0 Å². The number of nitrogens with zero attached hydrogens (tertiary/aromatic N) is 2. The van der Waals surface area contributed by atoms with E-state index in [-0.39, 0.29) is 0 Å². The standard InChI is InChI=1S/C10H13BrN2O3S/c11-8-6-9(13(15)16)10(14)12(7-8)4-2-1-3-5-17/h6-7,17H,1-5H2. The van der Waals surface area contributed by atoms with Gasteiger partial charge in [0.05, 0.1) is 4.92 Å². The molecule has 94 valence electrons. The van der Waals surface area contributed by atoms with E-state index in [0.717, 1.165) is 25.0 Å². The van der Waals surface area contributed by atoms with Gasteiger partial charge in [-0.05, 0) is 34.5 Å². The monoisotopic (exact) mass is 320 g/mol. The smallest absolute Gasteiger partial charge is 0.309 e. The Balaban J connectivity index is 2.85. The van der Waals surface area contributed by atoms with Crippen LogP contribution in [0, 0.1) is 10.1 Å². The highest BCUT2D eigenvalue weighted by Crippen LogP contribution is 2.14. The maximum Gasteiger partial charge on any atom is 0.335 e. The van der Waals surface area contributed by atoms with Crippen molar-refractivity contribution >= 4 is 34.2 Å². The molecular weight excluding hydrogens is 308 g/mol. The van der Waals surface area contributed by atoms with Crippen LogP contribution in [0.5, 0.6) is 0 Å². The molecule has 0 radical (unpaired) electrons. The predicted molar refractivity (Wildman–Crippen MR) is 72.8 cm³/mol. The zero-order valence-corrected chi connectivity index (χ0v) is 11.6. The first-order valence-corrected chi connectivity index (χ1v) is 6.64. The normalized spacial score (nSPS) is 10.5. The summed E-state index contributed by atoms with van der Waals surface area (Å²) in [6.45, 7) is 0.493. The second-order valence-corrected chi connectivity index (χ2v) is 4.95.